The number of aryl methyl sites for hydroxylation is 1. The van der Waals surface area contributed by atoms with Crippen molar-refractivity contribution in [3.63, 3.8) is 0 Å². The van der Waals surface area contributed by atoms with E-state index in [0.29, 0.717) is 0 Å². The van der Waals surface area contributed by atoms with Gasteiger partial charge in [-0.1, -0.05) is 0 Å². The van der Waals surface area contributed by atoms with E-state index in [1.165, 1.54) is 30.2 Å². The Kier molecular flexibility index (Phi) is 4.78. The molecule has 1 aliphatic rings. The van der Waals surface area contributed by atoms with Gasteiger partial charge in [0.05, 0.1) is 12.6 Å². The normalized spacial score (nSPS) is 15.3. The van der Waals surface area contributed by atoms with Crippen LogP contribution in [0, 0.1) is 0 Å². The minimum Gasteiger partial charge on any atom is -0.497 e. The maximum atomic E-state index is 5.70. The lowest BCUT2D eigenvalue weighted by Gasteiger charge is -2.30. The Hall–Kier alpha value is -1.81. The largest absolute Gasteiger partial charge is 0.497 e. The Morgan fingerprint density at radius 2 is 2.00 bits per heavy atom. The molecular formula is C18H25N3O. The van der Waals surface area contributed by atoms with Crippen molar-refractivity contribution in [2.75, 3.05) is 31.6 Å². The summed E-state index contributed by atoms with van der Waals surface area (Å²) < 4.78 is 5.33. The van der Waals surface area contributed by atoms with Gasteiger partial charge in [-0.2, -0.15) is 0 Å². The lowest BCUT2D eigenvalue weighted by molar-refractivity contribution is 0.415. The number of nitrogens with two attached hydrogens (primary N) is 1. The minimum absolute atomic E-state index is 0.722. The summed E-state index contributed by atoms with van der Waals surface area (Å²) >= 11 is 0. The average Bonchev–Trinajstić information content (AvgIpc) is 2.59. The molecule has 2 heterocycles. The van der Waals surface area contributed by atoms with Gasteiger partial charge in [0.2, 0.25) is 0 Å². The standard InChI is InChI=1S/C18H25N3O/c1-22-16-8-7-14-12-15(6-5-9-19)18(20-17(14)13-16)21-10-3-2-4-11-21/h7-8,12-13H,2-6,9-11,19H2,1H3. The molecular weight excluding hydrogens is 274 g/mol. The minimum atomic E-state index is 0.722. The van der Waals surface area contributed by atoms with Crippen molar-refractivity contribution >= 4 is 16.7 Å². The maximum Gasteiger partial charge on any atom is 0.132 e. The molecule has 0 atom stereocenters. The van der Waals surface area contributed by atoms with Crippen LogP contribution in [0.2, 0.25) is 0 Å². The van der Waals surface area contributed by atoms with Crippen LogP contribution >= 0.6 is 0 Å². The summed E-state index contributed by atoms with van der Waals surface area (Å²) in [6.07, 6.45) is 5.85. The predicted octanol–water partition coefficient (Wildman–Crippen LogP) is 3.13. The number of aromatic nitrogens is 1. The molecule has 1 saturated heterocycles. The number of hydrogen-bond donors (Lipinski definition) is 1. The summed E-state index contributed by atoms with van der Waals surface area (Å²) in [6.45, 7) is 2.94. The van der Waals surface area contributed by atoms with E-state index in [9.17, 15) is 0 Å². The average molecular weight is 299 g/mol. The molecule has 0 unspecified atom stereocenters. The van der Waals surface area contributed by atoms with Crippen molar-refractivity contribution < 1.29 is 4.74 Å². The zero-order chi connectivity index (χ0) is 15.4. The fourth-order valence-electron chi connectivity index (χ4n) is 3.16. The van der Waals surface area contributed by atoms with Gasteiger partial charge in [-0.05, 0) is 62.4 Å². The highest BCUT2D eigenvalue weighted by molar-refractivity contribution is 5.83. The fourth-order valence-corrected chi connectivity index (χ4v) is 3.16. The van der Waals surface area contributed by atoms with Gasteiger partial charge in [-0.25, -0.2) is 4.98 Å². The van der Waals surface area contributed by atoms with E-state index in [1.54, 1.807) is 7.11 Å². The smallest absolute Gasteiger partial charge is 0.132 e. The molecule has 2 N–H and O–H groups in total. The van der Waals surface area contributed by atoms with Crippen molar-refractivity contribution in [1.82, 2.24) is 4.98 Å². The first-order valence-corrected chi connectivity index (χ1v) is 8.24. The third kappa shape index (κ3) is 3.17. The zero-order valence-electron chi connectivity index (χ0n) is 13.3. The van der Waals surface area contributed by atoms with E-state index in [0.717, 1.165) is 49.6 Å². The van der Waals surface area contributed by atoms with Crippen molar-refractivity contribution in [2.24, 2.45) is 5.73 Å². The predicted molar refractivity (Wildman–Crippen MR) is 91.7 cm³/mol. The third-order valence-electron chi connectivity index (χ3n) is 4.39. The highest BCUT2D eigenvalue weighted by Crippen LogP contribution is 2.29. The second-order valence-electron chi connectivity index (χ2n) is 5.97. The number of piperidine rings is 1. The quantitative estimate of drug-likeness (QED) is 0.921. The van der Waals surface area contributed by atoms with E-state index in [-0.39, 0.29) is 0 Å². The molecule has 0 aliphatic carbocycles. The monoisotopic (exact) mass is 299 g/mol. The van der Waals surface area contributed by atoms with Gasteiger partial charge in [-0.15, -0.1) is 0 Å². The first kappa shape index (κ1) is 15.1. The third-order valence-corrected chi connectivity index (χ3v) is 4.39. The van der Waals surface area contributed by atoms with Gasteiger partial charge in [-0.3, -0.25) is 0 Å². The molecule has 2 aromatic rings. The van der Waals surface area contributed by atoms with Gasteiger partial charge in [0.1, 0.15) is 11.6 Å². The SMILES string of the molecule is COc1ccc2cc(CCCN)c(N3CCCCC3)nc2c1. The van der Waals surface area contributed by atoms with E-state index >= 15 is 0 Å². The first-order valence-electron chi connectivity index (χ1n) is 8.24. The molecule has 3 rings (SSSR count). The molecule has 118 valence electrons. The lowest BCUT2D eigenvalue weighted by Crippen LogP contribution is -2.31. The molecule has 0 radical (unpaired) electrons. The topological polar surface area (TPSA) is 51.4 Å². The number of anilines is 1. The molecule has 1 aliphatic heterocycles. The van der Waals surface area contributed by atoms with Crippen LogP contribution in [0.15, 0.2) is 24.3 Å². The highest BCUT2D eigenvalue weighted by Gasteiger charge is 2.17. The number of methoxy groups -OCH3 is 1. The van der Waals surface area contributed by atoms with Crippen LogP contribution in [0.5, 0.6) is 5.75 Å². The summed E-state index contributed by atoms with van der Waals surface area (Å²) in [5.74, 6) is 2.01. The van der Waals surface area contributed by atoms with Crippen molar-refractivity contribution in [1.29, 1.82) is 0 Å². The molecule has 1 aromatic carbocycles. The molecule has 4 heteroatoms. The molecule has 1 aromatic heterocycles. The molecule has 22 heavy (non-hydrogen) atoms. The summed E-state index contributed by atoms with van der Waals surface area (Å²) in [6, 6.07) is 8.39. The second-order valence-corrected chi connectivity index (χ2v) is 5.97. The highest BCUT2D eigenvalue weighted by atomic mass is 16.5. The van der Waals surface area contributed by atoms with E-state index < -0.39 is 0 Å². The molecule has 0 saturated carbocycles. The molecule has 1 fully saturated rings. The Morgan fingerprint density at radius 3 is 2.73 bits per heavy atom. The van der Waals surface area contributed by atoms with E-state index in [1.807, 2.05) is 12.1 Å². The number of hydrogen-bond acceptors (Lipinski definition) is 4. The van der Waals surface area contributed by atoms with Gasteiger partial charge < -0.3 is 15.4 Å². The Morgan fingerprint density at radius 1 is 1.18 bits per heavy atom. The van der Waals surface area contributed by atoms with Crippen molar-refractivity contribution in [3.05, 3.63) is 29.8 Å². The van der Waals surface area contributed by atoms with E-state index in [4.69, 9.17) is 15.5 Å². The number of ether oxygens (including phenoxy) is 1. The number of rotatable bonds is 5. The Bertz CT molecular complexity index is 636. The van der Waals surface area contributed by atoms with Gasteiger partial charge in [0.25, 0.3) is 0 Å². The van der Waals surface area contributed by atoms with Crippen LogP contribution in [-0.4, -0.2) is 31.7 Å². The first-order chi connectivity index (χ1) is 10.8. The molecule has 4 nitrogen and oxygen atoms in total. The van der Waals surface area contributed by atoms with Crippen molar-refractivity contribution in [2.45, 2.75) is 32.1 Å². The van der Waals surface area contributed by atoms with Crippen LogP contribution in [0.3, 0.4) is 0 Å². The fraction of sp³-hybridized carbons (Fsp3) is 0.500. The van der Waals surface area contributed by atoms with Crippen molar-refractivity contribution in [3.8, 4) is 5.75 Å². The van der Waals surface area contributed by atoms with E-state index in [2.05, 4.69) is 17.0 Å². The maximum absolute atomic E-state index is 5.70. The van der Waals surface area contributed by atoms with Gasteiger partial charge in [0, 0.05) is 24.5 Å². The number of pyridine rings is 1. The van der Waals surface area contributed by atoms with Crippen LogP contribution in [-0.2, 0) is 6.42 Å². The molecule has 0 spiro atoms. The molecule has 0 amide bonds. The lowest BCUT2D eigenvalue weighted by atomic mass is 10.0. The van der Waals surface area contributed by atoms with Gasteiger partial charge >= 0.3 is 0 Å². The van der Waals surface area contributed by atoms with Crippen LogP contribution < -0.4 is 15.4 Å². The van der Waals surface area contributed by atoms with Gasteiger partial charge in [0.15, 0.2) is 0 Å². The Balaban J connectivity index is 2.03. The molecule has 0 bridgehead atoms. The van der Waals surface area contributed by atoms with Crippen LogP contribution in [0.25, 0.3) is 10.9 Å². The number of fused-ring (bicyclic) bond motifs is 1. The zero-order valence-corrected chi connectivity index (χ0v) is 13.3. The van der Waals surface area contributed by atoms with Crippen LogP contribution in [0.1, 0.15) is 31.2 Å². The summed E-state index contributed by atoms with van der Waals surface area (Å²) in [5, 5.41) is 1.17. The summed E-state index contributed by atoms with van der Waals surface area (Å²) in [7, 11) is 1.70. The number of benzene rings is 1. The Labute approximate surface area is 132 Å². The summed E-state index contributed by atoms with van der Waals surface area (Å²) in [5.41, 5.74) is 8.04. The second kappa shape index (κ2) is 6.97. The van der Waals surface area contributed by atoms with Crippen LogP contribution in [0.4, 0.5) is 5.82 Å². The summed E-state index contributed by atoms with van der Waals surface area (Å²) in [4.78, 5) is 7.40. The number of nitrogens with zero attached hydrogens (tertiary/aromatic N) is 2.